The molecule has 0 aliphatic carbocycles. The molecule has 3 rings (SSSR count). The Kier molecular flexibility index (Phi) is 3.61. The van der Waals surface area contributed by atoms with E-state index in [0.717, 1.165) is 0 Å². The van der Waals surface area contributed by atoms with E-state index in [9.17, 15) is 4.39 Å². The van der Waals surface area contributed by atoms with E-state index >= 15 is 0 Å². The second-order valence-corrected chi connectivity index (χ2v) is 4.88. The van der Waals surface area contributed by atoms with Gasteiger partial charge in [-0.05, 0) is 18.2 Å². The van der Waals surface area contributed by atoms with Crippen LogP contribution < -0.4 is 20.9 Å². The van der Waals surface area contributed by atoms with Crippen LogP contribution in [0.1, 0.15) is 0 Å². The number of nitrogens with zero attached hydrogens (tertiary/aromatic N) is 2. The molecule has 0 unspecified atom stereocenters. The molecule has 1 aromatic heterocycles. The van der Waals surface area contributed by atoms with Gasteiger partial charge in [0.15, 0.2) is 17.3 Å². The molecule has 0 spiro atoms. The molecule has 118 valence electrons. The maximum absolute atomic E-state index is 14.0. The Morgan fingerprint density at radius 2 is 1.70 bits per heavy atom. The molecule has 0 saturated heterocycles. The van der Waals surface area contributed by atoms with Gasteiger partial charge in [-0.3, -0.25) is 0 Å². The van der Waals surface area contributed by atoms with E-state index < -0.39 is 5.82 Å². The number of aromatic nitrogens is 2. The quantitative estimate of drug-likeness (QED) is 0.721. The predicted molar refractivity (Wildman–Crippen MR) is 86.9 cm³/mol. The van der Waals surface area contributed by atoms with E-state index in [0.29, 0.717) is 33.7 Å². The van der Waals surface area contributed by atoms with Crippen LogP contribution in [-0.2, 0) is 0 Å². The zero-order valence-corrected chi connectivity index (χ0v) is 12.6. The van der Waals surface area contributed by atoms with E-state index in [1.54, 1.807) is 25.3 Å². The first-order valence-corrected chi connectivity index (χ1v) is 6.77. The number of anilines is 2. The minimum Gasteiger partial charge on any atom is -0.493 e. The molecule has 0 fully saturated rings. The molecule has 6 nitrogen and oxygen atoms in total. The monoisotopic (exact) mass is 314 g/mol. The Morgan fingerprint density at radius 3 is 2.39 bits per heavy atom. The summed E-state index contributed by atoms with van der Waals surface area (Å²) in [6.45, 7) is 0. The molecule has 0 amide bonds. The first-order chi connectivity index (χ1) is 11.1. The lowest BCUT2D eigenvalue weighted by Gasteiger charge is -2.12. The van der Waals surface area contributed by atoms with E-state index in [-0.39, 0.29) is 11.4 Å². The number of fused-ring (bicyclic) bond motifs is 1. The molecule has 0 aliphatic heterocycles. The minimum atomic E-state index is -0.658. The molecule has 4 N–H and O–H groups in total. The number of halogens is 1. The molecule has 0 radical (unpaired) electrons. The van der Waals surface area contributed by atoms with Gasteiger partial charge in [-0.1, -0.05) is 0 Å². The maximum Gasteiger partial charge on any atom is 0.169 e. The van der Waals surface area contributed by atoms with Crippen molar-refractivity contribution in [1.29, 1.82) is 0 Å². The van der Waals surface area contributed by atoms with Crippen molar-refractivity contribution < 1.29 is 13.9 Å². The van der Waals surface area contributed by atoms with Crippen LogP contribution in [0, 0.1) is 5.82 Å². The van der Waals surface area contributed by atoms with Gasteiger partial charge in [0.2, 0.25) is 0 Å². The second-order valence-electron chi connectivity index (χ2n) is 4.88. The predicted octanol–water partition coefficient (Wildman–Crippen LogP) is 2.62. The number of nitrogen functional groups attached to an aromatic ring is 2. The third-order valence-corrected chi connectivity index (χ3v) is 3.61. The van der Waals surface area contributed by atoms with Gasteiger partial charge in [-0.2, -0.15) is 0 Å². The fraction of sp³-hybridized carbons (Fsp3) is 0.125. The molecule has 0 atom stereocenters. The summed E-state index contributed by atoms with van der Waals surface area (Å²) in [5.74, 6) is 0.404. The van der Waals surface area contributed by atoms with Crippen LogP contribution in [0.15, 0.2) is 30.6 Å². The lowest BCUT2D eigenvalue weighted by atomic mass is 10.0. The number of hydrogen-bond donors (Lipinski definition) is 2. The molecule has 23 heavy (non-hydrogen) atoms. The molecule has 7 heteroatoms. The van der Waals surface area contributed by atoms with Crippen molar-refractivity contribution in [3.8, 4) is 22.8 Å². The lowest BCUT2D eigenvalue weighted by molar-refractivity contribution is 0.356. The zero-order valence-electron chi connectivity index (χ0n) is 12.6. The SMILES string of the molecule is COc1cc2ncnc(-c3ccc(N)c(F)c3N)c2cc1OC. The molecule has 1 heterocycles. The lowest BCUT2D eigenvalue weighted by Crippen LogP contribution is -2.01. The fourth-order valence-corrected chi connectivity index (χ4v) is 2.41. The van der Waals surface area contributed by atoms with Gasteiger partial charge in [0.25, 0.3) is 0 Å². The molecule has 0 saturated carbocycles. The summed E-state index contributed by atoms with van der Waals surface area (Å²) in [5, 5.41) is 0.668. The number of hydrogen-bond acceptors (Lipinski definition) is 6. The van der Waals surface area contributed by atoms with Gasteiger partial charge in [0.05, 0.1) is 36.8 Å². The van der Waals surface area contributed by atoms with Crippen LogP contribution >= 0.6 is 0 Å². The molecular weight excluding hydrogens is 299 g/mol. The van der Waals surface area contributed by atoms with Crippen molar-refractivity contribution in [2.24, 2.45) is 0 Å². The number of ether oxygens (including phenoxy) is 2. The van der Waals surface area contributed by atoms with E-state index in [4.69, 9.17) is 20.9 Å². The molecule has 3 aromatic rings. The maximum atomic E-state index is 14.0. The highest BCUT2D eigenvalue weighted by Gasteiger charge is 2.16. The summed E-state index contributed by atoms with van der Waals surface area (Å²) in [4.78, 5) is 8.46. The van der Waals surface area contributed by atoms with Crippen molar-refractivity contribution in [3.63, 3.8) is 0 Å². The van der Waals surface area contributed by atoms with E-state index in [1.165, 1.54) is 19.5 Å². The van der Waals surface area contributed by atoms with Crippen LogP contribution in [0.4, 0.5) is 15.8 Å². The van der Waals surface area contributed by atoms with Gasteiger partial charge in [-0.25, -0.2) is 14.4 Å². The normalized spacial score (nSPS) is 10.7. The van der Waals surface area contributed by atoms with Crippen molar-refractivity contribution in [1.82, 2.24) is 9.97 Å². The minimum absolute atomic E-state index is 0.0103. The third kappa shape index (κ3) is 2.36. The number of benzene rings is 2. The second kappa shape index (κ2) is 5.60. The average Bonchev–Trinajstić information content (AvgIpc) is 2.58. The standard InChI is InChI=1S/C16H15FN4O2/c1-22-12-5-9-11(6-13(12)23-2)20-7-21-16(9)8-3-4-10(18)14(17)15(8)19/h3-7H,18-19H2,1-2H3. The topological polar surface area (TPSA) is 96.3 Å². The molecule has 0 bridgehead atoms. The molecular formula is C16H15FN4O2. The number of rotatable bonds is 3. The summed E-state index contributed by atoms with van der Waals surface area (Å²) in [5.41, 5.74) is 12.9. The largest absolute Gasteiger partial charge is 0.493 e. The summed E-state index contributed by atoms with van der Waals surface area (Å²) in [7, 11) is 3.07. The molecule has 0 aliphatic rings. The third-order valence-electron chi connectivity index (χ3n) is 3.61. The van der Waals surface area contributed by atoms with Crippen LogP contribution in [0.5, 0.6) is 11.5 Å². The summed E-state index contributed by atoms with van der Waals surface area (Å²) in [6, 6.07) is 6.54. The fourth-order valence-electron chi connectivity index (χ4n) is 2.41. The Hall–Kier alpha value is -3.09. The Morgan fingerprint density at radius 1 is 1.00 bits per heavy atom. The molecule has 2 aromatic carbocycles. The van der Waals surface area contributed by atoms with Crippen molar-refractivity contribution >= 4 is 22.3 Å². The van der Waals surface area contributed by atoms with Gasteiger partial charge in [0, 0.05) is 17.0 Å². The highest BCUT2D eigenvalue weighted by Crippen LogP contribution is 2.37. The van der Waals surface area contributed by atoms with Crippen molar-refractivity contribution in [3.05, 3.63) is 36.4 Å². The van der Waals surface area contributed by atoms with Gasteiger partial charge < -0.3 is 20.9 Å². The number of methoxy groups -OCH3 is 2. The summed E-state index contributed by atoms with van der Waals surface area (Å²) >= 11 is 0. The Labute approximate surface area is 131 Å². The summed E-state index contributed by atoms with van der Waals surface area (Å²) in [6.07, 6.45) is 1.39. The van der Waals surface area contributed by atoms with Gasteiger partial charge in [0.1, 0.15) is 6.33 Å². The van der Waals surface area contributed by atoms with Crippen molar-refractivity contribution in [2.75, 3.05) is 25.7 Å². The Balaban J connectivity index is 2.32. The summed E-state index contributed by atoms with van der Waals surface area (Å²) < 4.78 is 24.6. The van der Waals surface area contributed by atoms with Gasteiger partial charge in [-0.15, -0.1) is 0 Å². The van der Waals surface area contributed by atoms with Crippen molar-refractivity contribution in [2.45, 2.75) is 0 Å². The van der Waals surface area contributed by atoms with Crippen LogP contribution in [0.25, 0.3) is 22.2 Å². The highest BCUT2D eigenvalue weighted by molar-refractivity contribution is 5.97. The average molecular weight is 314 g/mol. The van der Waals surface area contributed by atoms with E-state index in [2.05, 4.69) is 9.97 Å². The zero-order chi connectivity index (χ0) is 16.6. The smallest absolute Gasteiger partial charge is 0.169 e. The first kappa shape index (κ1) is 14.8. The van der Waals surface area contributed by atoms with Crippen LogP contribution in [0.2, 0.25) is 0 Å². The first-order valence-electron chi connectivity index (χ1n) is 6.77. The van der Waals surface area contributed by atoms with Crippen LogP contribution in [-0.4, -0.2) is 24.2 Å². The van der Waals surface area contributed by atoms with Crippen LogP contribution in [0.3, 0.4) is 0 Å². The van der Waals surface area contributed by atoms with Gasteiger partial charge >= 0.3 is 0 Å². The highest BCUT2D eigenvalue weighted by atomic mass is 19.1. The van der Waals surface area contributed by atoms with E-state index in [1.807, 2.05) is 0 Å². The number of nitrogens with two attached hydrogens (primary N) is 2. The Bertz CT molecular complexity index is 899.